The number of urea groups is 1. The van der Waals surface area contributed by atoms with Crippen LogP contribution in [0, 0.1) is 5.92 Å². The van der Waals surface area contributed by atoms with E-state index in [2.05, 4.69) is 5.73 Å². The van der Waals surface area contributed by atoms with Crippen LogP contribution in [0.25, 0.3) is 0 Å². The Kier molecular flexibility index (Phi) is 5.23. The molecule has 0 radical (unpaired) electrons. The first kappa shape index (κ1) is 13.8. The Morgan fingerprint density at radius 3 is 2.33 bits per heavy atom. The molecule has 0 heterocycles. The molecule has 5 N–H and O–H groups in total. The minimum Gasteiger partial charge on any atom is -0.351 e. The number of amides is 3. The van der Waals surface area contributed by atoms with E-state index in [1.54, 1.807) is 12.2 Å². The summed E-state index contributed by atoms with van der Waals surface area (Å²) in [7, 11) is -3.54. The molecule has 88 valence electrons. The van der Waals surface area contributed by atoms with Crippen LogP contribution in [0.1, 0.15) is 6.92 Å². The summed E-state index contributed by atoms with van der Waals surface area (Å²) in [6.07, 6.45) is 0. The molecule has 0 aromatic heterocycles. The molecule has 0 aromatic carbocycles. The van der Waals surface area contributed by atoms with Gasteiger partial charge < -0.3 is 11.5 Å². The van der Waals surface area contributed by atoms with Gasteiger partial charge in [0, 0.05) is 0 Å². The van der Waals surface area contributed by atoms with Crippen molar-refractivity contribution in [3.8, 4) is 0 Å². The summed E-state index contributed by atoms with van der Waals surface area (Å²) in [6, 6.07) is -1.07. The van der Waals surface area contributed by atoms with Gasteiger partial charge in [0.2, 0.25) is 5.91 Å². The quantitative estimate of drug-likeness (QED) is 0.518. The van der Waals surface area contributed by atoms with Gasteiger partial charge in [0.25, 0.3) is 0 Å². The van der Waals surface area contributed by atoms with Gasteiger partial charge in [0.05, 0.1) is 5.75 Å². The third-order valence-electron chi connectivity index (χ3n) is 1.55. The van der Waals surface area contributed by atoms with Gasteiger partial charge in [-0.15, -0.1) is 0 Å². The Labute approximate surface area is 88.1 Å². The molecule has 15 heavy (non-hydrogen) atoms. The van der Waals surface area contributed by atoms with Crippen molar-refractivity contribution in [2.45, 2.75) is 6.92 Å². The molecule has 0 spiro atoms. The molecule has 1 atom stereocenters. The summed E-state index contributed by atoms with van der Waals surface area (Å²) < 4.78 is 22.6. The van der Waals surface area contributed by atoms with Crippen molar-refractivity contribution in [2.75, 3.05) is 18.1 Å². The molecule has 0 aromatic rings. The zero-order valence-electron chi connectivity index (χ0n) is 8.39. The van der Waals surface area contributed by atoms with Gasteiger partial charge in [-0.05, 0) is 12.5 Å². The fraction of sp³-hybridized carbons (Fsp3) is 0.714. The van der Waals surface area contributed by atoms with Crippen LogP contribution in [0.3, 0.4) is 0 Å². The fourth-order valence-electron chi connectivity index (χ4n) is 0.934. The monoisotopic (exact) mass is 237 g/mol. The number of hydrogen-bond acceptors (Lipinski definition) is 5. The minimum atomic E-state index is -3.54. The van der Waals surface area contributed by atoms with Crippen LogP contribution in [-0.4, -0.2) is 38.4 Å². The number of carbonyl (C=O) groups excluding carboxylic acids is 2. The number of sulfone groups is 1. The summed E-state index contributed by atoms with van der Waals surface area (Å²) in [5.74, 6) is -2.08. The number of imide groups is 1. The highest BCUT2D eigenvalue weighted by Gasteiger charge is 2.19. The van der Waals surface area contributed by atoms with Crippen molar-refractivity contribution in [2.24, 2.45) is 17.4 Å². The standard InChI is InChI=1S/C7H15N3O4S/c1-5(2-8)3-15(13,14)4-6(11)10-7(9)12/h5H,2-4,8H2,1H3,(H3,9,10,11,12). The molecule has 7 nitrogen and oxygen atoms in total. The van der Waals surface area contributed by atoms with E-state index in [9.17, 15) is 18.0 Å². The maximum atomic E-state index is 11.3. The number of primary amides is 1. The van der Waals surface area contributed by atoms with E-state index in [0.717, 1.165) is 0 Å². The molecular formula is C7H15N3O4S. The lowest BCUT2D eigenvalue weighted by atomic mass is 10.2. The molecule has 0 saturated carbocycles. The van der Waals surface area contributed by atoms with Gasteiger partial charge in [0.15, 0.2) is 9.84 Å². The van der Waals surface area contributed by atoms with Crippen LogP contribution in [0.5, 0.6) is 0 Å². The molecule has 0 rings (SSSR count). The SMILES string of the molecule is CC(CN)CS(=O)(=O)CC(=O)NC(N)=O. The van der Waals surface area contributed by atoms with Gasteiger partial charge in [0.1, 0.15) is 5.75 Å². The first-order valence-electron chi connectivity index (χ1n) is 4.26. The van der Waals surface area contributed by atoms with E-state index in [4.69, 9.17) is 5.73 Å². The normalized spacial score (nSPS) is 13.2. The lowest BCUT2D eigenvalue weighted by Gasteiger charge is -2.08. The third kappa shape index (κ3) is 6.86. The lowest BCUT2D eigenvalue weighted by molar-refractivity contribution is -0.117. The number of rotatable bonds is 5. The molecule has 1 unspecified atom stereocenters. The highest BCUT2D eigenvalue weighted by Crippen LogP contribution is 2.00. The van der Waals surface area contributed by atoms with Gasteiger partial charge in [-0.25, -0.2) is 13.2 Å². The maximum Gasteiger partial charge on any atom is 0.318 e. The van der Waals surface area contributed by atoms with Crippen molar-refractivity contribution in [1.29, 1.82) is 0 Å². The van der Waals surface area contributed by atoms with E-state index >= 15 is 0 Å². The Hall–Kier alpha value is -1.15. The molecule has 0 bridgehead atoms. The van der Waals surface area contributed by atoms with Crippen molar-refractivity contribution < 1.29 is 18.0 Å². The Bertz CT molecular complexity index is 338. The average Bonchev–Trinajstić information content (AvgIpc) is 1.99. The van der Waals surface area contributed by atoms with Crippen LogP contribution in [0.15, 0.2) is 0 Å². The molecule has 0 aliphatic heterocycles. The first-order valence-corrected chi connectivity index (χ1v) is 6.08. The van der Waals surface area contributed by atoms with Crippen molar-refractivity contribution in [3.05, 3.63) is 0 Å². The minimum absolute atomic E-state index is 0.185. The lowest BCUT2D eigenvalue weighted by Crippen LogP contribution is -2.39. The predicted octanol–water partition coefficient (Wildman–Crippen LogP) is -1.81. The van der Waals surface area contributed by atoms with Crippen LogP contribution in [0.4, 0.5) is 4.79 Å². The zero-order valence-corrected chi connectivity index (χ0v) is 9.21. The topological polar surface area (TPSA) is 132 Å². The van der Waals surface area contributed by atoms with Crippen LogP contribution < -0.4 is 16.8 Å². The summed E-state index contributed by atoms with van der Waals surface area (Å²) >= 11 is 0. The largest absolute Gasteiger partial charge is 0.351 e. The van der Waals surface area contributed by atoms with E-state index in [1.165, 1.54) is 0 Å². The van der Waals surface area contributed by atoms with Gasteiger partial charge >= 0.3 is 6.03 Å². The molecule has 0 aliphatic rings. The van der Waals surface area contributed by atoms with Gasteiger partial charge in [-0.3, -0.25) is 10.1 Å². The second kappa shape index (κ2) is 5.66. The van der Waals surface area contributed by atoms with Crippen molar-refractivity contribution in [3.63, 3.8) is 0 Å². The van der Waals surface area contributed by atoms with E-state index < -0.39 is 27.5 Å². The predicted molar refractivity (Wildman–Crippen MR) is 54.6 cm³/mol. The number of hydrogen-bond donors (Lipinski definition) is 3. The van der Waals surface area contributed by atoms with E-state index in [1.807, 2.05) is 0 Å². The summed E-state index contributed by atoms with van der Waals surface area (Å²) in [6.45, 7) is 1.88. The highest BCUT2D eigenvalue weighted by molar-refractivity contribution is 7.92. The Morgan fingerprint density at radius 1 is 1.40 bits per heavy atom. The molecule has 8 heteroatoms. The second-order valence-electron chi connectivity index (χ2n) is 3.31. The van der Waals surface area contributed by atoms with E-state index in [-0.39, 0.29) is 18.2 Å². The fourth-order valence-corrected chi connectivity index (χ4v) is 2.53. The first-order chi connectivity index (χ1) is 6.76. The van der Waals surface area contributed by atoms with Gasteiger partial charge in [-0.2, -0.15) is 0 Å². The van der Waals surface area contributed by atoms with Crippen LogP contribution in [0.2, 0.25) is 0 Å². The van der Waals surface area contributed by atoms with Crippen molar-refractivity contribution >= 4 is 21.8 Å². The zero-order chi connectivity index (χ0) is 12.1. The summed E-state index contributed by atoms with van der Waals surface area (Å²) in [5.41, 5.74) is 9.91. The number of nitrogens with one attached hydrogen (secondary N) is 1. The van der Waals surface area contributed by atoms with Crippen LogP contribution >= 0.6 is 0 Å². The average molecular weight is 237 g/mol. The molecule has 0 fully saturated rings. The Balaban J connectivity index is 4.26. The van der Waals surface area contributed by atoms with Crippen molar-refractivity contribution in [1.82, 2.24) is 5.32 Å². The molecule has 3 amide bonds. The van der Waals surface area contributed by atoms with Gasteiger partial charge in [-0.1, -0.05) is 6.92 Å². The number of carbonyl (C=O) groups is 2. The van der Waals surface area contributed by atoms with E-state index in [0.29, 0.717) is 0 Å². The summed E-state index contributed by atoms with van der Waals surface area (Å²) in [4.78, 5) is 21.2. The molecular weight excluding hydrogens is 222 g/mol. The number of nitrogens with two attached hydrogens (primary N) is 2. The third-order valence-corrected chi connectivity index (χ3v) is 3.33. The maximum absolute atomic E-state index is 11.3. The molecule has 0 aliphatic carbocycles. The molecule has 0 saturated heterocycles. The second-order valence-corrected chi connectivity index (χ2v) is 5.42. The highest BCUT2D eigenvalue weighted by atomic mass is 32.2. The smallest absolute Gasteiger partial charge is 0.318 e. The Morgan fingerprint density at radius 2 is 1.93 bits per heavy atom. The summed E-state index contributed by atoms with van der Waals surface area (Å²) in [5, 5.41) is 1.68. The van der Waals surface area contributed by atoms with Crippen LogP contribution in [-0.2, 0) is 14.6 Å².